The van der Waals surface area contributed by atoms with Gasteiger partial charge in [-0.05, 0) is 35.9 Å². The molecule has 0 radical (unpaired) electrons. The van der Waals surface area contributed by atoms with Gasteiger partial charge in [-0.15, -0.1) is 0 Å². The molecule has 0 saturated carbocycles. The second-order valence-electron chi connectivity index (χ2n) is 4.71. The Balaban J connectivity index is 2.23. The van der Waals surface area contributed by atoms with Crippen molar-refractivity contribution in [3.05, 3.63) is 64.1 Å². The van der Waals surface area contributed by atoms with Crippen molar-refractivity contribution in [1.29, 1.82) is 0 Å². The van der Waals surface area contributed by atoms with E-state index in [0.29, 0.717) is 28.0 Å². The molecule has 0 aliphatic heterocycles. The van der Waals surface area contributed by atoms with Gasteiger partial charge < -0.3 is 10.6 Å². The molecule has 0 bridgehead atoms. The predicted octanol–water partition coefficient (Wildman–Crippen LogP) is 4.68. The van der Waals surface area contributed by atoms with Crippen LogP contribution in [0.25, 0.3) is 0 Å². The van der Waals surface area contributed by atoms with E-state index in [1.54, 1.807) is 6.07 Å². The van der Waals surface area contributed by atoms with Gasteiger partial charge >= 0.3 is 0 Å². The van der Waals surface area contributed by atoms with Crippen LogP contribution < -0.4 is 10.6 Å². The van der Waals surface area contributed by atoms with Gasteiger partial charge in [0.05, 0.1) is 4.99 Å². The minimum absolute atomic E-state index is 0.508. The van der Waals surface area contributed by atoms with Crippen LogP contribution in [0.4, 0.5) is 5.69 Å². The summed E-state index contributed by atoms with van der Waals surface area (Å²) in [6.07, 6.45) is 0.655. The second-order valence-corrected chi connectivity index (χ2v) is 6.08. The molecule has 2 aromatic rings. The Kier molecular flexibility index (Phi) is 5.85. The maximum atomic E-state index is 6.25. The Morgan fingerprint density at radius 1 is 1.10 bits per heavy atom. The Labute approximate surface area is 140 Å². The maximum absolute atomic E-state index is 6.25. The van der Waals surface area contributed by atoms with Crippen molar-refractivity contribution < 1.29 is 0 Å². The average molecular weight is 339 g/mol. The normalized spacial score (nSPS) is 10.4. The lowest BCUT2D eigenvalue weighted by molar-refractivity contribution is 0.807. The van der Waals surface area contributed by atoms with Gasteiger partial charge in [0.1, 0.15) is 0 Å². The average Bonchev–Trinajstić information content (AvgIpc) is 2.47. The summed E-state index contributed by atoms with van der Waals surface area (Å²) in [6, 6.07) is 15.6. The fourth-order valence-corrected chi connectivity index (χ4v) is 2.52. The van der Waals surface area contributed by atoms with Gasteiger partial charge in [0, 0.05) is 35.2 Å². The summed E-state index contributed by atoms with van der Waals surface area (Å²) >= 11 is 17.3. The zero-order valence-electron chi connectivity index (χ0n) is 11.4. The first-order valence-corrected chi connectivity index (χ1v) is 7.75. The van der Waals surface area contributed by atoms with E-state index in [9.17, 15) is 0 Å². The zero-order chi connectivity index (χ0) is 15.2. The maximum Gasteiger partial charge on any atom is 0.0745 e. The largest absolute Gasteiger partial charge is 0.393 e. The van der Waals surface area contributed by atoms with E-state index in [-0.39, 0.29) is 0 Å². The lowest BCUT2D eigenvalue weighted by Gasteiger charge is -2.25. The first kappa shape index (κ1) is 16.1. The molecule has 5 heteroatoms. The molecule has 0 spiro atoms. The minimum Gasteiger partial charge on any atom is -0.393 e. The summed E-state index contributed by atoms with van der Waals surface area (Å²) in [7, 11) is 0. The number of rotatable bonds is 6. The van der Waals surface area contributed by atoms with E-state index >= 15 is 0 Å². The lowest BCUT2D eigenvalue weighted by Crippen LogP contribution is -2.27. The number of nitrogens with two attached hydrogens (primary N) is 1. The SMILES string of the molecule is NC(=S)CCN(Cc1cc(Cl)ccc1Cl)c1ccccc1. The Morgan fingerprint density at radius 3 is 2.48 bits per heavy atom. The van der Waals surface area contributed by atoms with Gasteiger partial charge in [-0.1, -0.05) is 53.6 Å². The monoisotopic (exact) mass is 338 g/mol. The molecular formula is C16H16Cl2N2S. The van der Waals surface area contributed by atoms with Crippen molar-refractivity contribution in [2.75, 3.05) is 11.4 Å². The fourth-order valence-electron chi connectivity index (χ4n) is 2.05. The minimum atomic E-state index is 0.508. The topological polar surface area (TPSA) is 29.3 Å². The van der Waals surface area contributed by atoms with Crippen LogP contribution in [-0.4, -0.2) is 11.5 Å². The number of halogens is 2. The van der Waals surface area contributed by atoms with Crippen LogP contribution in [0.5, 0.6) is 0 Å². The van der Waals surface area contributed by atoms with Crippen LogP contribution in [0, 0.1) is 0 Å². The molecule has 0 fully saturated rings. The highest BCUT2D eigenvalue weighted by molar-refractivity contribution is 7.80. The summed E-state index contributed by atoms with van der Waals surface area (Å²) < 4.78 is 0. The summed E-state index contributed by atoms with van der Waals surface area (Å²) in [6.45, 7) is 1.40. The van der Waals surface area contributed by atoms with E-state index in [1.165, 1.54) is 0 Å². The molecule has 0 aliphatic carbocycles. The molecule has 0 amide bonds. The van der Waals surface area contributed by atoms with Gasteiger partial charge in [-0.3, -0.25) is 0 Å². The van der Waals surface area contributed by atoms with Crippen LogP contribution in [0.3, 0.4) is 0 Å². The first-order chi connectivity index (χ1) is 10.1. The van der Waals surface area contributed by atoms with Crippen molar-refractivity contribution in [1.82, 2.24) is 0 Å². The van der Waals surface area contributed by atoms with E-state index in [4.69, 9.17) is 41.2 Å². The summed E-state index contributed by atoms with van der Waals surface area (Å²) in [5.41, 5.74) is 7.71. The highest BCUT2D eigenvalue weighted by Crippen LogP contribution is 2.24. The fraction of sp³-hybridized carbons (Fsp3) is 0.188. The molecule has 0 aromatic heterocycles. The van der Waals surface area contributed by atoms with Crippen molar-refractivity contribution in [2.45, 2.75) is 13.0 Å². The van der Waals surface area contributed by atoms with Gasteiger partial charge in [0.25, 0.3) is 0 Å². The highest BCUT2D eigenvalue weighted by atomic mass is 35.5. The van der Waals surface area contributed by atoms with Gasteiger partial charge in [-0.25, -0.2) is 0 Å². The van der Waals surface area contributed by atoms with E-state index in [0.717, 1.165) is 17.8 Å². The number of hydrogen-bond donors (Lipinski definition) is 1. The quantitative estimate of drug-likeness (QED) is 0.775. The molecule has 2 rings (SSSR count). The number of hydrogen-bond acceptors (Lipinski definition) is 2. The number of nitrogens with zero attached hydrogens (tertiary/aromatic N) is 1. The summed E-state index contributed by atoms with van der Waals surface area (Å²) in [5, 5.41) is 1.38. The van der Waals surface area contributed by atoms with Gasteiger partial charge in [-0.2, -0.15) is 0 Å². The lowest BCUT2D eigenvalue weighted by atomic mass is 10.2. The number of anilines is 1. The van der Waals surface area contributed by atoms with E-state index < -0.39 is 0 Å². The summed E-state index contributed by atoms with van der Waals surface area (Å²) in [4.78, 5) is 2.70. The van der Waals surface area contributed by atoms with Gasteiger partial charge in [0.15, 0.2) is 0 Å². The molecule has 0 aliphatic rings. The standard InChI is InChI=1S/C16H16Cl2N2S/c17-13-6-7-15(18)12(10-13)11-20(9-8-16(19)21)14-4-2-1-3-5-14/h1-7,10H,8-9,11H2,(H2,19,21). The second kappa shape index (κ2) is 7.64. The molecule has 0 saturated heterocycles. The zero-order valence-corrected chi connectivity index (χ0v) is 13.8. The molecule has 0 unspecified atom stereocenters. The van der Waals surface area contributed by atoms with Crippen molar-refractivity contribution in [3.63, 3.8) is 0 Å². The van der Waals surface area contributed by atoms with Crippen LogP contribution in [0.15, 0.2) is 48.5 Å². The molecule has 2 N–H and O–H groups in total. The molecule has 110 valence electrons. The van der Waals surface area contributed by atoms with Crippen LogP contribution >= 0.6 is 35.4 Å². The third-order valence-electron chi connectivity index (χ3n) is 3.12. The predicted molar refractivity (Wildman–Crippen MR) is 95.4 cm³/mol. The van der Waals surface area contributed by atoms with Crippen molar-refractivity contribution in [2.24, 2.45) is 5.73 Å². The number of thiocarbonyl (C=S) groups is 1. The number of benzene rings is 2. The third kappa shape index (κ3) is 4.88. The first-order valence-electron chi connectivity index (χ1n) is 6.58. The molecule has 0 atom stereocenters. The molecule has 2 nitrogen and oxygen atoms in total. The van der Waals surface area contributed by atoms with Crippen LogP contribution in [0.1, 0.15) is 12.0 Å². The molecule has 2 aromatic carbocycles. The summed E-state index contributed by atoms with van der Waals surface area (Å²) in [5.74, 6) is 0. The smallest absolute Gasteiger partial charge is 0.0745 e. The highest BCUT2D eigenvalue weighted by Gasteiger charge is 2.10. The third-order valence-corrected chi connectivity index (χ3v) is 3.93. The van der Waals surface area contributed by atoms with Crippen molar-refractivity contribution >= 4 is 46.1 Å². The van der Waals surface area contributed by atoms with Gasteiger partial charge in [0.2, 0.25) is 0 Å². The van der Waals surface area contributed by atoms with Crippen LogP contribution in [-0.2, 0) is 6.54 Å². The number of para-hydroxylation sites is 1. The van der Waals surface area contributed by atoms with E-state index in [2.05, 4.69) is 17.0 Å². The van der Waals surface area contributed by atoms with Crippen molar-refractivity contribution in [3.8, 4) is 0 Å². The Bertz CT molecular complexity index is 617. The Hall–Kier alpha value is -1.29. The Morgan fingerprint density at radius 2 is 1.81 bits per heavy atom. The molecule has 21 heavy (non-hydrogen) atoms. The molecular weight excluding hydrogens is 323 g/mol. The van der Waals surface area contributed by atoms with E-state index in [1.807, 2.05) is 30.3 Å². The molecule has 0 heterocycles. The van der Waals surface area contributed by atoms with Crippen LogP contribution in [0.2, 0.25) is 10.0 Å².